The van der Waals surface area contributed by atoms with E-state index in [-0.39, 0.29) is 16.9 Å². The molecule has 2 N–H and O–H groups in total. The molecule has 1 aromatic rings. The third-order valence-electron chi connectivity index (χ3n) is 4.51. The SMILES string of the molecule is Cc1cc(F)c(S(=O)(=O)N(C)C2CCCCC2C)cc1N. The minimum absolute atomic E-state index is 0.0781. The summed E-state index contributed by atoms with van der Waals surface area (Å²) in [5, 5.41) is 0. The third-order valence-corrected chi connectivity index (χ3v) is 6.41. The lowest BCUT2D eigenvalue weighted by atomic mass is 9.86. The molecule has 6 heteroatoms. The van der Waals surface area contributed by atoms with Crippen molar-refractivity contribution in [3.63, 3.8) is 0 Å². The van der Waals surface area contributed by atoms with Gasteiger partial charge in [-0.1, -0.05) is 19.8 Å². The largest absolute Gasteiger partial charge is 0.398 e. The zero-order valence-electron chi connectivity index (χ0n) is 12.8. The van der Waals surface area contributed by atoms with Crippen molar-refractivity contribution in [2.24, 2.45) is 5.92 Å². The van der Waals surface area contributed by atoms with Crippen molar-refractivity contribution >= 4 is 15.7 Å². The van der Waals surface area contributed by atoms with E-state index in [0.29, 0.717) is 11.3 Å². The summed E-state index contributed by atoms with van der Waals surface area (Å²) in [5.74, 6) is -0.457. The molecule has 1 fully saturated rings. The number of benzene rings is 1. The van der Waals surface area contributed by atoms with Gasteiger partial charge in [-0.3, -0.25) is 0 Å². The van der Waals surface area contributed by atoms with E-state index in [1.165, 1.54) is 23.5 Å². The summed E-state index contributed by atoms with van der Waals surface area (Å²) in [4.78, 5) is -0.328. The van der Waals surface area contributed by atoms with Crippen LogP contribution in [-0.2, 0) is 10.0 Å². The highest BCUT2D eigenvalue weighted by molar-refractivity contribution is 7.89. The lowest BCUT2D eigenvalue weighted by molar-refractivity contribution is 0.213. The lowest BCUT2D eigenvalue weighted by Crippen LogP contribution is -2.42. The van der Waals surface area contributed by atoms with Crippen LogP contribution in [0, 0.1) is 18.7 Å². The molecule has 0 aromatic heterocycles. The number of hydrogen-bond donors (Lipinski definition) is 1. The Kier molecular flexibility index (Phi) is 4.58. The number of anilines is 1. The van der Waals surface area contributed by atoms with Crippen molar-refractivity contribution in [3.05, 3.63) is 23.5 Å². The summed E-state index contributed by atoms with van der Waals surface area (Å²) in [5.41, 5.74) is 6.58. The maximum Gasteiger partial charge on any atom is 0.246 e. The van der Waals surface area contributed by atoms with Gasteiger partial charge in [0.15, 0.2) is 0 Å². The van der Waals surface area contributed by atoms with Gasteiger partial charge in [0.2, 0.25) is 10.0 Å². The van der Waals surface area contributed by atoms with Crippen LogP contribution < -0.4 is 5.73 Å². The van der Waals surface area contributed by atoms with Crippen molar-refractivity contribution in [2.75, 3.05) is 12.8 Å². The van der Waals surface area contributed by atoms with Gasteiger partial charge in [-0.25, -0.2) is 12.8 Å². The summed E-state index contributed by atoms with van der Waals surface area (Å²) in [6.07, 6.45) is 3.95. The minimum atomic E-state index is -3.86. The number of nitrogens with two attached hydrogens (primary N) is 1. The normalized spacial score (nSPS) is 23.5. The van der Waals surface area contributed by atoms with Gasteiger partial charge in [-0.15, -0.1) is 0 Å². The predicted octanol–water partition coefficient (Wildman–Crippen LogP) is 2.92. The van der Waals surface area contributed by atoms with E-state index < -0.39 is 15.8 Å². The molecule has 1 saturated carbocycles. The Morgan fingerprint density at radius 3 is 2.52 bits per heavy atom. The van der Waals surface area contributed by atoms with Crippen molar-refractivity contribution in [3.8, 4) is 0 Å². The second kappa shape index (κ2) is 5.93. The van der Waals surface area contributed by atoms with E-state index in [0.717, 1.165) is 25.7 Å². The molecule has 0 saturated heterocycles. The van der Waals surface area contributed by atoms with Crippen molar-refractivity contribution in [2.45, 2.75) is 50.5 Å². The van der Waals surface area contributed by atoms with E-state index in [2.05, 4.69) is 6.92 Å². The highest BCUT2D eigenvalue weighted by Gasteiger charge is 2.34. The van der Waals surface area contributed by atoms with Crippen LogP contribution in [-0.4, -0.2) is 25.8 Å². The predicted molar refractivity (Wildman–Crippen MR) is 81.9 cm³/mol. The molecule has 0 bridgehead atoms. The Bertz CT molecular complexity index is 631. The number of rotatable bonds is 3. The van der Waals surface area contributed by atoms with E-state index >= 15 is 0 Å². The molecule has 0 aliphatic heterocycles. The molecular formula is C15H23FN2O2S. The molecule has 118 valence electrons. The number of halogens is 1. The highest BCUT2D eigenvalue weighted by atomic mass is 32.2. The topological polar surface area (TPSA) is 63.4 Å². The van der Waals surface area contributed by atoms with Crippen molar-refractivity contribution in [1.82, 2.24) is 4.31 Å². The van der Waals surface area contributed by atoms with Gasteiger partial charge in [-0.05, 0) is 43.4 Å². The number of aryl methyl sites for hydroxylation is 1. The minimum Gasteiger partial charge on any atom is -0.398 e. The van der Waals surface area contributed by atoms with Crippen LogP contribution in [0.2, 0.25) is 0 Å². The third kappa shape index (κ3) is 3.06. The van der Waals surface area contributed by atoms with Crippen LogP contribution in [0.25, 0.3) is 0 Å². The first-order chi connectivity index (χ1) is 9.75. The second-order valence-corrected chi connectivity index (χ2v) is 7.96. The first-order valence-corrected chi connectivity index (χ1v) is 8.73. The highest BCUT2D eigenvalue weighted by Crippen LogP contribution is 2.32. The van der Waals surface area contributed by atoms with Crippen LogP contribution in [0.15, 0.2) is 17.0 Å². The molecule has 4 nitrogen and oxygen atoms in total. The summed E-state index contributed by atoms with van der Waals surface area (Å²) >= 11 is 0. The zero-order chi connectivity index (χ0) is 15.8. The van der Waals surface area contributed by atoms with E-state index in [1.54, 1.807) is 6.92 Å². The van der Waals surface area contributed by atoms with Gasteiger partial charge in [0.25, 0.3) is 0 Å². The van der Waals surface area contributed by atoms with Gasteiger partial charge in [0.1, 0.15) is 10.7 Å². The Morgan fingerprint density at radius 2 is 1.90 bits per heavy atom. The van der Waals surface area contributed by atoms with Gasteiger partial charge in [0.05, 0.1) is 0 Å². The Morgan fingerprint density at radius 1 is 1.29 bits per heavy atom. The van der Waals surface area contributed by atoms with Crippen LogP contribution >= 0.6 is 0 Å². The summed E-state index contributed by atoms with van der Waals surface area (Å²) in [6, 6.07) is 2.33. The fraction of sp³-hybridized carbons (Fsp3) is 0.600. The van der Waals surface area contributed by atoms with Crippen LogP contribution in [0.1, 0.15) is 38.2 Å². The van der Waals surface area contributed by atoms with Crippen LogP contribution in [0.5, 0.6) is 0 Å². The number of nitrogens with zero attached hydrogens (tertiary/aromatic N) is 1. The lowest BCUT2D eigenvalue weighted by Gasteiger charge is -2.35. The van der Waals surface area contributed by atoms with E-state index in [4.69, 9.17) is 5.73 Å². The van der Waals surface area contributed by atoms with Gasteiger partial charge < -0.3 is 5.73 Å². The molecule has 1 aliphatic carbocycles. The Labute approximate surface area is 126 Å². The molecular weight excluding hydrogens is 291 g/mol. The Balaban J connectivity index is 2.39. The van der Waals surface area contributed by atoms with Gasteiger partial charge >= 0.3 is 0 Å². The van der Waals surface area contributed by atoms with Crippen molar-refractivity contribution in [1.29, 1.82) is 0 Å². The number of sulfonamides is 1. The molecule has 0 radical (unpaired) electrons. The summed E-state index contributed by atoms with van der Waals surface area (Å²) in [6.45, 7) is 3.71. The molecule has 0 spiro atoms. The van der Waals surface area contributed by atoms with Gasteiger partial charge in [-0.2, -0.15) is 4.31 Å². The maximum absolute atomic E-state index is 14.1. The van der Waals surface area contributed by atoms with Crippen molar-refractivity contribution < 1.29 is 12.8 Å². The second-order valence-electron chi connectivity index (χ2n) is 5.99. The standard InChI is InChI=1S/C15H23FN2O2S/c1-10-6-4-5-7-14(10)18(3)21(19,20)15-9-13(17)11(2)8-12(15)16/h8-10,14H,4-7,17H2,1-3H3. The number of nitrogen functional groups attached to an aromatic ring is 1. The maximum atomic E-state index is 14.1. The van der Waals surface area contributed by atoms with Crippen LogP contribution in [0.4, 0.5) is 10.1 Å². The molecule has 1 aliphatic rings. The van der Waals surface area contributed by atoms with E-state index in [9.17, 15) is 12.8 Å². The average Bonchev–Trinajstić information content (AvgIpc) is 2.42. The van der Waals surface area contributed by atoms with Crippen LogP contribution in [0.3, 0.4) is 0 Å². The monoisotopic (exact) mass is 314 g/mol. The molecule has 21 heavy (non-hydrogen) atoms. The first-order valence-electron chi connectivity index (χ1n) is 7.28. The first kappa shape index (κ1) is 16.2. The molecule has 0 heterocycles. The number of hydrogen-bond acceptors (Lipinski definition) is 3. The smallest absolute Gasteiger partial charge is 0.246 e. The molecule has 2 rings (SSSR count). The molecule has 1 aromatic carbocycles. The quantitative estimate of drug-likeness (QED) is 0.873. The zero-order valence-corrected chi connectivity index (χ0v) is 13.6. The molecule has 2 unspecified atom stereocenters. The summed E-state index contributed by atoms with van der Waals surface area (Å²) in [7, 11) is -2.32. The molecule has 0 amide bonds. The fourth-order valence-corrected chi connectivity index (χ4v) is 4.60. The fourth-order valence-electron chi connectivity index (χ4n) is 3.04. The van der Waals surface area contributed by atoms with Gasteiger partial charge in [0, 0.05) is 18.8 Å². The molecule has 2 atom stereocenters. The summed E-state index contributed by atoms with van der Waals surface area (Å²) < 4.78 is 40.8. The van der Waals surface area contributed by atoms with E-state index in [1.807, 2.05) is 0 Å². The Hall–Kier alpha value is -1.14. The average molecular weight is 314 g/mol.